The van der Waals surface area contributed by atoms with E-state index in [1.165, 1.54) is 7.11 Å². The highest BCUT2D eigenvalue weighted by atomic mass is 16.6. The SMILES string of the molecule is CCNC(CCOC1COC1)(C(=O)OC)c1ccccc1. The van der Waals surface area contributed by atoms with E-state index < -0.39 is 5.54 Å². The van der Waals surface area contributed by atoms with Crippen LogP contribution in [-0.4, -0.2) is 45.5 Å². The summed E-state index contributed by atoms with van der Waals surface area (Å²) in [4.78, 5) is 12.4. The van der Waals surface area contributed by atoms with E-state index in [9.17, 15) is 4.79 Å². The molecule has 1 unspecified atom stereocenters. The number of esters is 1. The van der Waals surface area contributed by atoms with Gasteiger partial charge in [0, 0.05) is 13.0 Å². The van der Waals surface area contributed by atoms with Crippen molar-refractivity contribution < 1.29 is 19.0 Å². The Balaban J connectivity index is 2.15. The van der Waals surface area contributed by atoms with Crippen molar-refractivity contribution >= 4 is 5.97 Å². The molecule has 116 valence electrons. The zero-order valence-electron chi connectivity index (χ0n) is 12.6. The van der Waals surface area contributed by atoms with Gasteiger partial charge in [-0.1, -0.05) is 37.3 Å². The first-order valence-corrected chi connectivity index (χ1v) is 7.31. The van der Waals surface area contributed by atoms with Crippen LogP contribution in [0.5, 0.6) is 0 Å². The molecule has 1 fully saturated rings. The summed E-state index contributed by atoms with van der Waals surface area (Å²) in [5.74, 6) is -0.288. The van der Waals surface area contributed by atoms with Gasteiger partial charge >= 0.3 is 5.97 Å². The zero-order chi connectivity index (χ0) is 15.1. The summed E-state index contributed by atoms with van der Waals surface area (Å²) in [6.07, 6.45) is 0.673. The van der Waals surface area contributed by atoms with Crippen LogP contribution >= 0.6 is 0 Å². The lowest BCUT2D eigenvalue weighted by Gasteiger charge is -2.34. The summed E-state index contributed by atoms with van der Waals surface area (Å²) in [6, 6.07) is 9.65. The summed E-state index contributed by atoms with van der Waals surface area (Å²) < 4.78 is 15.8. The Labute approximate surface area is 125 Å². The third-order valence-electron chi connectivity index (χ3n) is 3.72. The van der Waals surface area contributed by atoms with Gasteiger partial charge in [0.1, 0.15) is 11.6 Å². The van der Waals surface area contributed by atoms with Gasteiger partial charge in [-0.3, -0.25) is 5.32 Å². The second-order valence-electron chi connectivity index (χ2n) is 5.07. The molecule has 2 rings (SSSR count). The molecule has 0 aromatic heterocycles. The van der Waals surface area contributed by atoms with E-state index in [0.717, 1.165) is 5.56 Å². The van der Waals surface area contributed by atoms with Crippen molar-refractivity contribution in [2.45, 2.75) is 25.0 Å². The van der Waals surface area contributed by atoms with Crippen LogP contribution in [0.3, 0.4) is 0 Å². The number of rotatable bonds is 8. The molecule has 1 aromatic carbocycles. The second-order valence-corrected chi connectivity index (χ2v) is 5.07. The molecular formula is C16H23NO4. The number of hydrogen-bond donors (Lipinski definition) is 1. The highest BCUT2D eigenvalue weighted by Crippen LogP contribution is 2.27. The molecule has 1 aliphatic rings. The molecule has 1 atom stereocenters. The fourth-order valence-corrected chi connectivity index (χ4v) is 2.51. The number of benzene rings is 1. The molecule has 0 bridgehead atoms. The van der Waals surface area contributed by atoms with Gasteiger partial charge in [0.2, 0.25) is 0 Å². The molecule has 1 aromatic rings. The van der Waals surface area contributed by atoms with Crippen LogP contribution in [0.2, 0.25) is 0 Å². The third kappa shape index (κ3) is 3.61. The van der Waals surface area contributed by atoms with Gasteiger partial charge in [-0.2, -0.15) is 0 Å². The third-order valence-corrected chi connectivity index (χ3v) is 3.72. The highest BCUT2D eigenvalue weighted by molar-refractivity contribution is 5.82. The molecule has 5 nitrogen and oxygen atoms in total. The molecule has 0 radical (unpaired) electrons. The van der Waals surface area contributed by atoms with Crippen molar-refractivity contribution in [2.75, 3.05) is 33.5 Å². The van der Waals surface area contributed by atoms with Gasteiger partial charge in [-0.05, 0) is 12.1 Å². The Morgan fingerprint density at radius 2 is 2.10 bits per heavy atom. The average Bonchev–Trinajstić information content (AvgIpc) is 2.48. The van der Waals surface area contributed by atoms with E-state index in [4.69, 9.17) is 14.2 Å². The van der Waals surface area contributed by atoms with Gasteiger partial charge in [-0.15, -0.1) is 0 Å². The Morgan fingerprint density at radius 1 is 1.38 bits per heavy atom. The van der Waals surface area contributed by atoms with Crippen LogP contribution in [0, 0.1) is 0 Å². The molecule has 1 saturated heterocycles. The monoisotopic (exact) mass is 293 g/mol. The summed E-state index contributed by atoms with van der Waals surface area (Å²) in [7, 11) is 1.41. The lowest BCUT2D eigenvalue weighted by Crippen LogP contribution is -2.51. The summed E-state index contributed by atoms with van der Waals surface area (Å²) >= 11 is 0. The lowest BCUT2D eigenvalue weighted by molar-refractivity contribution is -0.154. The van der Waals surface area contributed by atoms with Crippen molar-refractivity contribution in [3.05, 3.63) is 35.9 Å². The van der Waals surface area contributed by atoms with Crippen molar-refractivity contribution in [2.24, 2.45) is 0 Å². The summed E-state index contributed by atoms with van der Waals surface area (Å²) in [5, 5.41) is 3.29. The number of carbonyl (C=O) groups is 1. The smallest absolute Gasteiger partial charge is 0.330 e. The first-order valence-electron chi connectivity index (χ1n) is 7.31. The van der Waals surface area contributed by atoms with E-state index >= 15 is 0 Å². The Bertz CT molecular complexity index is 447. The predicted octanol–water partition coefficient (Wildman–Crippen LogP) is 1.47. The number of likely N-dealkylation sites (N-methyl/N-ethyl adjacent to an activating group) is 1. The van der Waals surface area contributed by atoms with Crippen LogP contribution < -0.4 is 5.32 Å². The lowest BCUT2D eigenvalue weighted by atomic mass is 9.86. The van der Waals surface area contributed by atoms with E-state index in [0.29, 0.717) is 32.8 Å². The molecule has 0 aliphatic carbocycles. The van der Waals surface area contributed by atoms with Gasteiger partial charge in [0.25, 0.3) is 0 Å². The molecule has 1 aliphatic heterocycles. The first kappa shape index (κ1) is 15.9. The molecule has 5 heteroatoms. The maximum Gasteiger partial charge on any atom is 0.330 e. The fraction of sp³-hybridized carbons (Fsp3) is 0.562. The molecule has 1 N–H and O–H groups in total. The first-order chi connectivity index (χ1) is 10.2. The van der Waals surface area contributed by atoms with Gasteiger partial charge < -0.3 is 14.2 Å². The normalized spacial score (nSPS) is 17.8. The zero-order valence-corrected chi connectivity index (χ0v) is 12.6. The molecule has 0 spiro atoms. The Kier molecular flexibility index (Phi) is 5.73. The Morgan fingerprint density at radius 3 is 2.62 bits per heavy atom. The predicted molar refractivity (Wildman–Crippen MR) is 79.0 cm³/mol. The highest BCUT2D eigenvalue weighted by Gasteiger charge is 2.40. The molecule has 21 heavy (non-hydrogen) atoms. The van der Waals surface area contributed by atoms with E-state index in [1.807, 2.05) is 37.3 Å². The second kappa shape index (κ2) is 7.54. The van der Waals surface area contributed by atoms with Crippen molar-refractivity contribution in [3.8, 4) is 0 Å². The average molecular weight is 293 g/mol. The summed E-state index contributed by atoms with van der Waals surface area (Å²) in [6.45, 7) is 4.39. The molecular weight excluding hydrogens is 270 g/mol. The van der Waals surface area contributed by atoms with Crippen LogP contribution in [0.15, 0.2) is 30.3 Å². The number of hydrogen-bond acceptors (Lipinski definition) is 5. The maximum atomic E-state index is 12.4. The van der Waals surface area contributed by atoms with Gasteiger partial charge in [-0.25, -0.2) is 4.79 Å². The van der Waals surface area contributed by atoms with E-state index in [1.54, 1.807) is 0 Å². The largest absolute Gasteiger partial charge is 0.467 e. The number of carbonyl (C=O) groups excluding carboxylic acids is 1. The summed E-state index contributed by atoms with van der Waals surface area (Å²) in [5.41, 5.74) is 0.0298. The molecule has 0 amide bonds. The minimum atomic E-state index is -0.866. The van der Waals surface area contributed by atoms with E-state index in [2.05, 4.69) is 5.32 Å². The molecule has 0 saturated carbocycles. The van der Waals surface area contributed by atoms with Crippen molar-refractivity contribution in [1.82, 2.24) is 5.32 Å². The fourth-order valence-electron chi connectivity index (χ4n) is 2.51. The standard InChI is InChI=1S/C16H23NO4/c1-3-17-16(15(18)19-2,13-7-5-4-6-8-13)9-10-21-14-11-20-12-14/h4-8,14,17H,3,9-12H2,1-2H3. The van der Waals surface area contributed by atoms with Crippen molar-refractivity contribution in [1.29, 1.82) is 0 Å². The number of ether oxygens (including phenoxy) is 3. The number of nitrogens with one attached hydrogen (secondary N) is 1. The minimum Gasteiger partial charge on any atom is -0.467 e. The van der Waals surface area contributed by atoms with Gasteiger partial charge in [0.15, 0.2) is 0 Å². The van der Waals surface area contributed by atoms with Crippen LogP contribution in [0.25, 0.3) is 0 Å². The van der Waals surface area contributed by atoms with Crippen LogP contribution in [-0.2, 0) is 24.5 Å². The van der Waals surface area contributed by atoms with Crippen LogP contribution in [0.4, 0.5) is 0 Å². The van der Waals surface area contributed by atoms with E-state index in [-0.39, 0.29) is 12.1 Å². The minimum absolute atomic E-state index is 0.151. The maximum absolute atomic E-state index is 12.4. The van der Waals surface area contributed by atoms with Gasteiger partial charge in [0.05, 0.1) is 20.3 Å². The Hall–Kier alpha value is -1.43. The molecule has 1 heterocycles. The van der Waals surface area contributed by atoms with Crippen molar-refractivity contribution in [3.63, 3.8) is 0 Å². The number of methoxy groups -OCH3 is 1. The quantitative estimate of drug-likeness (QED) is 0.736. The van der Waals surface area contributed by atoms with Crippen LogP contribution in [0.1, 0.15) is 18.9 Å². The topological polar surface area (TPSA) is 56.8 Å².